The second kappa shape index (κ2) is 14.3. The Morgan fingerprint density at radius 1 is 1.21 bits per heavy atom. The third-order valence-electron chi connectivity index (χ3n) is 3.68. The monoisotopic (exact) mass is 536 g/mol. The van der Waals surface area contributed by atoms with Crippen LogP contribution in [0.5, 0.6) is 0 Å². The van der Waals surface area contributed by atoms with E-state index in [2.05, 4.69) is 15.6 Å². The molecule has 0 saturated carbocycles. The van der Waals surface area contributed by atoms with Crippen molar-refractivity contribution in [2.75, 3.05) is 39.5 Å². The fraction of sp³-hybridized carbons (Fsp3) is 0.611. The van der Waals surface area contributed by atoms with Crippen molar-refractivity contribution >= 4 is 41.7 Å². The number of nitrogens with zero attached hydrogens (tertiary/aromatic N) is 2. The molecular formula is C18H29F4IN4S. The highest BCUT2D eigenvalue weighted by Crippen LogP contribution is 2.17. The molecule has 0 spiro atoms. The lowest BCUT2D eigenvalue weighted by Gasteiger charge is -2.19. The molecule has 0 saturated heterocycles. The SMILES string of the molecule is CCNC(=NCc1ccc(F)cc1CSC)NCCCN(C)CC(F)(F)F.I. The van der Waals surface area contributed by atoms with Crippen LogP contribution >= 0.6 is 35.7 Å². The van der Waals surface area contributed by atoms with Crippen molar-refractivity contribution in [2.24, 2.45) is 4.99 Å². The van der Waals surface area contributed by atoms with Gasteiger partial charge in [0.1, 0.15) is 5.82 Å². The van der Waals surface area contributed by atoms with Gasteiger partial charge in [0.05, 0.1) is 13.1 Å². The van der Waals surface area contributed by atoms with Gasteiger partial charge in [-0.1, -0.05) is 6.07 Å². The van der Waals surface area contributed by atoms with Gasteiger partial charge in [0.2, 0.25) is 0 Å². The molecule has 162 valence electrons. The van der Waals surface area contributed by atoms with Gasteiger partial charge in [-0.05, 0) is 56.5 Å². The summed E-state index contributed by atoms with van der Waals surface area (Å²) in [5.74, 6) is 1.04. The molecule has 28 heavy (non-hydrogen) atoms. The quantitative estimate of drug-likeness (QED) is 0.154. The van der Waals surface area contributed by atoms with Gasteiger partial charge in [0.25, 0.3) is 0 Å². The molecule has 0 atom stereocenters. The minimum Gasteiger partial charge on any atom is -0.357 e. The number of alkyl halides is 3. The Balaban J connectivity index is 0.00000729. The molecule has 10 heteroatoms. The van der Waals surface area contributed by atoms with Gasteiger partial charge in [-0.2, -0.15) is 24.9 Å². The number of hydrogen-bond donors (Lipinski definition) is 2. The molecule has 2 N–H and O–H groups in total. The highest BCUT2D eigenvalue weighted by molar-refractivity contribution is 14.0. The fourth-order valence-corrected chi connectivity index (χ4v) is 3.07. The molecule has 0 aliphatic carbocycles. The molecule has 0 aliphatic rings. The Morgan fingerprint density at radius 2 is 1.93 bits per heavy atom. The Bertz CT molecular complexity index is 599. The van der Waals surface area contributed by atoms with Crippen molar-refractivity contribution in [1.29, 1.82) is 0 Å². The number of aliphatic imine (C=N–C) groups is 1. The first-order chi connectivity index (χ1) is 12.7. The summed E-state index contributed by atoms with van der Waals surface area (Å²) in [6.07, 6.45) is -1.66. The Hall–Kier alpha value is -0.750. The van der Waals surface area contributed by atoms with Crippen LogP contribution in [-0.4, -0.2) is 56.5 Å². The summed E-state index contributed by atoms with van der Waals surface area (Å²) in [5.41, 5.74) is 1.86. The molecule has 4 nitrogen and oxygen atoms in total. The van der Waals surface area contributed by atoms with E-state index < -0.39 is 12.7 Å². The van der Waals surface area contributed by atoms with Gasteiger partial charge < -0.3 is 10.6 Å². The predicted molar refractivity (Wildman–Crippen MR) is 120 cm³/mol. The molecule has 0 radical (unpaired) electrons. The number of halogens is 5. The standard InChI is InChI=1S/C18H28F4N4S.HI/c1-4-23-17(24-8-5-9-26(2)13-18(20,21)22)25-11-14-6-7-16(19)10-15(14)12-27-3;/h6-7,10H,4-5,8-9,11-13H2,1-3H3,(H2,23,24,25);1H. The molecular weight excluding hydrogens is 507 g/mol. The molecule has 0 heterocycles. The van der Waals surface area contributed by atoms with Crippen molar-refractivity contribution < 1.29 is 17.6 Å². The highest BCUT2D eigenvalue weighted by Gasteiger charge is 2.28. The summed E-state index contributed by atoms with van der Waals surface area (Å²) in [5, 5.41) is 6.23. The Morgan fingerprint density at radius 3 is 2.54 bits per heavy atom. The molecule has 0 unspecified atom stereocenters. The number of hydrogen-bond acceptors (Lipinski definition) is 3. The molecule has 1 aromatic carbocycles. The zero-order chi connectivity index (χ0) is 20.3. The van der Waals surface area contributed by atoms with Crippen LogP contribution in [0.3, 0.4) is 0 Å². The van der Waals surface area contributed by atoms with Gasteiger partial charge in [0.15, 0.2) is 5.96 Å². The Labute approximate surface area is 185 Å². The average Bonchev–Trinajstić information content (AvgIpc) is 2.56. The summed E-state index contributed by atoms with van der Waals surface area (Å²) >= 11 is 1.61. The van der Waals surface area contributed by atoms with Gasteiger partial charge in [-0.3, -0.25) is 4.90 Å². The topological polar surface area (TPSA) is 39.7 Å². The van der Waals surface area contributed by atoms with E-state index in [1.807, 2.05) is 13.2 Å². The Kier molecular flexibility index (Phi) is 13.9. The minimum atomic E-state index is -4.18. The summed E-state index contributed by atoms with van der Waals surface area (Å²) in [6, 6.07) is 4.68. The maximum atomic E-state index is 13.4. The lowest BCUT2D eigenvalue weighted by atomic mass is 10.1. The van der Waals surface area contributed by atoms with Crippen molar-refractivity contribution in [2.45, 2.75) is 31.8 Å². The first-order valence-electron chi connectivity index (χ1n) is 8.79. The molecule has 1 rings (SSSR count). The maximum Gasteiger partial charge on any atom is 0.401 e. The number of benzene rings is 1. The van der Waals surface area contributed by atoms with Crippen LogP contribution in [0.15, 0.2) is 23.2 Å². The maximum absolute atomic E-state index is 13.4. The van der Waals surface area contributed by atoms with Crippen molar-refractivity contribution in [3.8, 4) is 0 Å². The van der Waals surface area contributed by atoms with E-state index in [-0.39, 0.29) is 29.8 Å². The number of nitrogens with one attached hydrogen (secondary N) is 2. The summed E-state index contributed by atoms with van der Waals surface area (Å²) in [6.45, 7) is 2.94. The molecule has 0 bridgehead atoms. The van der Waals surface area contributed by atoms with Crippen molar-refractivity contribution in [3.05, 3.63) is 35.1 Å². The molecule has 0 aliphatic heterocycles. The first-order valence-corrected chi connectivity index (χ1v) is 10.2. The third-order valence-corrected chi connectivity index (χ3v) is 4.28. The van der Waals surface area contributed by atoms with Crippen molar-refractivity contribution in [1.82, 2.24) is 15.5 Å². The molecule has 0 fully saturated rings. The van der Waals surface area contributed by atoms with Crippen LogP contribution in [0, 0.1) is 5.82 Å². The zero-order valence-corrected chi connectivity index (χ0v) is 19.6. The van der Waals surface area contributed by atoms with Crippen molar-refractivity contribution in [3.63, 3.8) is 0 Å². The van der Waals surface area contributed by atoms with Crippen LogP contribution < -0.4 is 10.6 Å². The normalized spacial score (nSPS) is 12.1. The number of guanidine groups is 1. The van der Waals surface area contributed by atoms with E-state index >= 15 is 0 Å². The van der Waals surface area contributed by atoms with E-state index in [4.69, 9.17) is 0 Å². The van der Waals surface area contributed by atoms with Crippen LogP contribution in [-0.2, 0) is 12.3 Å². The van der Waals surface area contributed by atoms with Crippen LogP contribution in [0.1, 0.15) is 24.5 Å². The second-order valence-electron chi connectivity index (χ2n) is 6.17. The lowest BCUT2D eigenvalue weighted by Crippen LogP contribution is -2.39. The van der Waals surface area contributed by atoms with E-state index in [1.165, 1.54) is 24.1 Å². The molecule has 0 aromatic heterocycles. The van der Waals surface area contributed by atoms with Crippen LogP contribution in [0.2, 0.25) is 0 Å². The summed E-state index contributed by atoms with van der Waals surface area (Å²) in [4.78, 5) is 5.75. The van der Waals surface area contributed by atoms with E-state index in [1.54, 1.807) is 17.8 Å². The van der Waals surface area contributed by atoms with Gasteiger partial charge in [-0.15, -0.1) is 24.0 Å². The van der Waals surface area contributed by atoms with Crippen LogP contribution in [0.4, 0.5) is 17.6 Å². The highest BCUT2D eigenvalue weighted by atomic mass is 127. The molecule has 1 aromatic rings. The van der Waals surface area contributed by atoms with Crippen LogP contribution in [0.25, 0.3) is 0 Å². The minimum absolute atomic E-state index is 0. The van der Waals surface area contributed by atoms with E-state index in [0.717, 1.165) is 11.1 Å². The second-order valence-corrected chi connectivity index (χ2v) is 7.04. The van der Waals surface area contributed by atoms with Gasteiger partial charge in [-0.25, -0.2) is 9.38 Å². The van der Waals surface area contributed by atoms with Gasteiger partial charge in [0, 0.05) is 18.8 Å². The van der Waals surface area contributed by atoms with Gasteiger partial charge >= 0.3 is 6.18 Å². The third kappa shape index (κ3) is 11.9. The lowest BCUT2D eigenvalue weighted by molar-refractivity contribution is -0.143. The van der Waals surface area contributed by atoms with E-state index in [9.17, 15) is 17.6 Å². The number of rotatable bonds is 10. The summed E-state index contributed by atoms with van der Waals surface area (Å²) < 4.78 is 50.3. The molecule has 0 amide bonds. The van der Waals surface area contributed by atoms with E-state index in [0.29, 0.717) is 44.3 Å². The summed E-state index contributed by atoms with van der Waals surface area (Å²) in [7, 11) is 1.45. The average molecular weight is 536 g/mol. The largest absolute Gasteiger partial charge is 0.401 e. The zero-order valence-electron chi connectivity index (χ0n) is 16.4. The smallest absolute Gasteiger partial charge is 0.357 e. The fourth-order valence-electron chi connectivity index (χ4n) is 2.49. The number of thioether (sulfide) groups is 1. The predicted octanol–water partition coefficient (Wildman–Crippen LogP) is 4.25. The first kappa shape index (κ1) is 27.2.